The first-order valence-corrected chi connectivity index (χ1v) is 17.8. The van der Waals surface area contributed by atoms with Crippen LogP contribution in [0.3, 0.4) is 0 Å². The van der Waals surface area contributed by atoms with Gasteiger partial charge in [0.05, 0.1) is 43.2 Å². The third kappa shape index (κ3) is 7.66. The van der Waals surface area contributed by atoms with E-state index in [0.717, 1.165) is 5.56 Å². The second kappa shape index (κ2) is 16.8. The van der Waals surface area contributed by atoms with E-state index < -0.39 is 66.3 Å². The summed E-state index contributed by atoms with van der Waals surface area (Å²) in [5, 5.41) is 13.7. The lowest BCUT2D eigenvalue weighted by Gasteiger charge is -2.40. The van der Waals surface area contributed by atoms with E-state index in [-0.39, 0.29) is 37.4 Å². The number of amides is 3. The van der Waals surface area contributed by atoms with Gasteiger partial charge in [0.2, 0.25) is 17.7 Å². The third-order valence-corrected chi connectivity index (χ3v) is 10.4. The van der Waals surface area contributed by atoms with E-state index in [9.17, 15) is 24.3 Å². The van der Waals surface area contributed by atoms with Crippen LogP contribution >= 0.6 is 0 Å². The Morgan fingerprint density at radius 2 is 1.78 bits per heavy atom. The van der Waals surface area contributed by atoms with E-state index in [1.807, 2.05) is 74.5 Å². The molecule has 3 saturated heterocycles. The Balaban J connectivity index is 1.52. The molecule has 274 valence electrons. The van der Waals surface area contributed by atoms with Gasteiger partial charge < -0.3 is 34.4 Å². The Morgan fingerprint density at radius 1 is 1.10 bits per heavy atom. The molecule has 3 amide bonds. The van der Waals surface area contributed by atoms with Gasteiger partial charge in [-0.05, 0) is 50.7 Å². The summed E-state index contributed by atoms with van der Waals surface area (Å²) < 4.78 is 18.5. The van der Waals surface area contributed by atoms with Gasteiger partial charge >= 0.3 is 5.97 Å². The van der Waals surface area contributed by atoms with Crippen molar-refractivity contribution in [3.05, 3.63) is 97.1 Å². The van der Waals surface area contributed by atoms with E-state index >= 15 is 0 Å². The van der Waals surface area contributed by atoms with Crippen LogP contribution in [0.25, 0.3) is 0 Å². The first kappa shape index (κ1) is 37.9. The molecule has 0 unspecified atom stereocenters. The number of nitrogens with zero attached hydrogens (tertiary/aromatic N) is 2. The number of ether oxygens (including phenoxy) is 3. The molecule has 8 atom stereocenters. The number of hydrogen-bond donors (Lipinski definition) is 2. The van der Waals surface area contributed by atoms with Crippen molar-refractivity contribution in [3.8, 4) is 0 Å². The number of benzene rings is 2. The number of aliphatic hydroxyl groups excluding tert-OH is 1. The molecule has 3 aliphatic rings. The number of likely N-dealkylation sites (tertiary alicyclic amines) is 1. The highest BCUT2D eigenvalue weighted by Crippen LogP contribution is 2.59. The molecule has 1 spiro atoms. The molecule has 2 aromatic carbocycles. The second-order valence-corrected chi connectivity index (χ2v) is 13.9. The van der Waals surface area contributed by atoms with Gasteiger partial charge in [0.25, 0.3) is 0 Å². The van der Waals surface area contributed by atoms with Crippen molar-refractivity contribution in [1.82, 2.24) is 15.1 Å². The molecule has 2 bridgehead atoms. The fraction of sp³-hybridized carbons (Fsp3) is 0.500. The van der Waals surface area contributed by atoms with Gasteiger partial charge in [-0.2, -0.15) is 0 Å². The number of esters is 1. The van der Waals surface area contributed by atoms with Crippen LogP contribution in [0.2, 0.25) is 0 Å². The summed E-state index contributed by atoms with van der Waals surface area (Å²) in [6, 6.07) is 15.8. The van der Waals surface area contributed by atoms with Crippen LogP contribution in [0.15, 0.2) is 86.0 Å². The van der Waals surface area contributed by atoms with Crippen LogP contribution in [0, 0.1) is 11.8 Å². The monoisotopic (exact) mass is 701 g/mol. The van der Waals surface area contributed by atoms with Gasteiger partial charge in [-0.25, -0.2) is 0 Å². The zero-order valence-electron chi connectivity index (χ0n) is 29.8. The first-order valence-electron chi connectivity index (χ1n) is 17.8. The molecule has 5 rings (SSSR count). The molecule has 2 N–H and O–H groups in total. The molecular weight excluding hydrogens is 650 g/mol. The SMILES string of the molecule is C=CCCC(=O)N[C@H](COC)[C@H](OC(=O)[C@@H]1[C@@H]2CC[C@]3(O2)[C@H](C(=O)N(CC=C)C(C)C)N([C@@H](CO)Cc2ccccc2)C(=O)[C@@H]13)c1ccccc1. The predicted octanol–water partition coefficient (Wildman–Crippen LogP) is 3.77. The van der Waals surface area contributed by atoms with Gasteiger partial charge in [-0.3, -0.25) is 19.2 Å². The molecule has 11 heteroatoms. The molecule has 11 nitrogen and oxygen atoms in total. The summed E-state index contributed by atoms with van der Waals surface area (Å²) in [6.45, 7) is 11.3. The fourth-order valence-electron chi connectivity index (χ4n) is 8.15. The molecule has 0 radical (unpaired) electrons. The number of allylic oxidation sites excluding steroid dienone is 1. The summed E-state index contributed by atoms with van der Waals surface area (Å²) in [5.74, 6) is -3.66. The van der Waals surface area contributed by atoms with Gasteiger partial charge in [-0.15, -0.1) is 13.2 Å². The summed E-state index contributed by atoms with van der Waals surface area (Å²) in [6.07, 6.45) is 3.52. The fourth-order valence-corrected chi connectivity index (χ4v) is 8.15. The predicted molar refractivity (Wildman–Crippen MR) is 191 cm³/mol. The van der Waals surface area contributed by atoms with E-state index in [0.29, 0.717) is 31.2 Å². The summed E-state index contributed by atoms with van der Waals surface area (Å²) in [7, 11) is 1.50. The number of rotatable bonds is 18. The lowest BCUT2D eigenvalue weighted by atomic mass is 9.70. The van der Waals surface area contributed by atoms with Gasteiger partial charge in [0, 0.05) is 26.1 Å². The minimum atomic E-state index is -1.30. The number of nitrogens with one attached hydrogen (secondary N) is 1. The van der Waals surface area contributed by atoms with Gasteiger partial charge in [0.15, 0.2) is 0 Å². The van der Waals surface area contributed by atoms with Crippen LogP contribution < -0.4 is 5.32 Å². The second-order valence-electron chi connectivity index (χ2n) is 13.9. The molecule has 0 saturated carbocycles. The highest BCUT2D eigenvalue weighted by molar-refractivity contribution is 5.98. The van der Waals surface area contributed by atoms with Crippen molar-refractivity contribution in [2.45, 2.75) is 87.9 Å². The molecule has 3 fully saturated rings. The lowest BCUT2D eigenvalue weighted by Crippen LogP contribution is -2.60. The summed E-state index contributed by atoms with van der Waals surface area (Å²) >= 11 is 0. The van der Waals surface area contributed by atoms with Gasteiger partial charge in [-0.1, -0.05) is 72.8 Å². The number of carbonyl (C=O) groups excluding carboxylic acids is 4. The Kier molecular flexibility index (Phi) is 12.5. The Morgan fingerprint density at radius 3 is 2.39 bits per heavy atom. The van der Waals surface area contributed by atoms with Crippen molar-refractivity contribution < 1.29 is 38.5 Å². The quantitative estimate of drug-likeness (QED) is 0.177. The molecule has 3 heterocycles. The molecule has 2 aromatic rings. The van der Waals surface area contributed by atoms with E-state index in [1.165, 1.54) is 12.0 Å². The summed E-state index contributed by atoms with van der Waals surface area (Å²) in [5.41, 5.74) is 0.236. The number of hydrogen-bond acceptors (Lipinski definition) is 8. The Labute approximate surface area is 300 Å². The highest BCUT2D eigenvalue weighted by atomic mass is 16.6. The molecule has 0 aliphatic carbocycles. The zero-order valence-corrected chi connectivity index (χ0v) is 29.8. The average molecular weight is 702 g/mol. The topological polar surface area (TPSA) is 135 Å². The van der Waals surface area contributed by atoms with Crippen LogP contribution in [-0.4, -0.2) is 101 Å². The molecule has 51 heavy (non-hydrogen) atoms. The normalized spacial score (nSPS) is 25.2. The summed E-state index contributed by atoms with van der Waals surface area (Å²) in [4.78, 5) is 60.0. The number of fused-ring (bicyclic) bond motifs is 1. The Hall–Kier alpha value is -4.32. The van der Waals surface area contributed by atoms with Crippen molar-refractivity contribution in [1.29, 1.82) is 0 Å². The van der Waals surface area contributed by atoms with Crippen molar-refractivity contribution in [2.75, 3.05) is 26.9 Å². The zero-order chi connectivity index (χ0) is 36.7. The maximum atomic E-state index is 14.8. The van der Waals surface area contributed by atoms with E-state index in [1.54, 1.807) is 17.1 Å². The lowest BCUT2D eigenvalue weighted by molar-refractivity contribution is -0.163. The van der Waals surface area contributed by atoms with E-state index in [4.69, 9.17) is 14.2 Å². The van der Waals surface area contributed by atoms with Crippen LogP contribution in [0.1, 0.15) is 56.8 Å². The Bertz CT molecular complexity index is 1550. The molecular formula is C40H51N3O8. The standard InChI is InChI=1S/C40H51N3O8/c1-6-8-19-32(45)41-30(25-49-5)35(28-17-13-10-14-18-28)50-39(48)33-31-20-21-40(51-31)34(33)37(46)43(29(24-44)23-27-15-11-9-12-16-27)36(40)38(47)42(22-7-2)26(3)4/h6-7,9-18,26,29-31,33-36,44H,1-2,8,19-25H2,3-5H3,(H,41,45)/t29-,30-,31+,33-,34-,35-,36+,40-/m1/s1. The maximum Gasteiger partial charge on any atom is 0.313 e. The average Bonchev–Trinajstić information content (AvgIpc) is 3.78. The minimum absolute atomic E-state index is 0.0555. The minimum Gasteiger partial charge on any atom is -0.455 e. The third-order valence-electron chi connectivity index (χ3n) is 10.4. The highest BCUT2D eigenvalue weighted by Gasteiger charge is 2.75. The number of aliphatic hydroxyl groups is 1. The van der Waals surface area contributed by atoms with Gasteiger partial charge in [0.1, 0.15) is 17.7 Å². The molecule has 0 aromatic heterocycles. The first-order chi connectivity index (χ1) is 24.6. The van der Waals surface area contributed by atoms with Crippen molar-refractivity contribution in [3.63, 3.8) is 0 Å². The number of methoxy groups -OCH3 is 1. The largest absolute Gasteiger partial charge is 0.455 e. The van der Waals surface area contributed by atoms with Crippen molar-refractivity contribution >= 4 is 23.7 Å². The van der Waals surface area contributed by atoms with Crippen LogP contribution in [0.4, 0.5) is 0 Å². The maximum absolute atomic E-state index is 14.8. The smallest absolute Gasteiger partial charge is 0.313 e. The van der Waals surface area contributed by atoms with Crippen LogP contribution in [-0.2, 0) is 39.8 Å². The van der Waals surface area contributed by atoms with E-state index in [2.05, 4.69) is 18.5 Å². The number of carbonyl (C=O) groups is 4. The molecule has 3 aliphatic heterocycles. The van der Waals surface area contributed by atoms with Crippen LogP contribution in [0.5, 0.6) is 0 Å². The van der Waals surface area contributed by atoms with Crippen molar-refractivity contribution in [2.24, 2.45) is 11.8 Å².